The van der Waals surface area contributed by atoms with Crippen molar-refractivity contribution in [2.24, 2.45) is 0 Å². The number of amides is 1. The van der Waals surface area contributed by atoms with Gasteiger partial charge in [-0.1, -0.05) is 34.9 Å². The third kappa shape index (κ3) is 4.23. The smallest absolute Gasteiger partial charge is 0.344 e. The Morgan fingerprint density at radius 3 is 2.67 bits per heavy atom. The highest BCUT2D eigenvalue weighted by molar-refractivity contribution is 9.10. The van der Waals surface area contributed by atoms with E-state index in [4.69, 9.17) is 9.26 Å². The van der Waals surface area contributed by atoms with E-state index >= 15 is 0 Å². The molecular weight excluding hydrogens is 376 g/mol. The molecule has 0 fully saturated rings. The number of hydrogen-bond acceptors (Lipinski definition) is 5. The molecule has 0 saturated heterocycles. The van der Waals surface area contributed by atoms with Gasteiger partial charge in [0.1, 0.15) is 5.56 Å². The Morgan fingerprint density at radius 1 is 1.33 bits per heavy atom. The van der Waals surface area contributed by atoms with E-state index in [0.717, 1.165) is 10.0 Å². The molecule has 0 aliphatic heterocycles. The van der Waals surface area contributed by atoms with Crippen molar-refractivity contribution in [3.05, 3.63) is 45.3 Å². The molecule has 1 aromatic carbocycles. The molecule has 128 valence electrons. The van der Waals surface area contributed by atoms with Crippen LogP contribution in [0.2, 0.25) is 0 Å². The molecule has 1 amide bonds. The third-order valence-corrected chi connectivity index (χ3v) is 3.91. The monoisotopic (exact) mass is 394 g/mol. The fourth-order valence-electron chi connectivity index (χ4n) is 2.19. The van der Waals surface area contributed by atoms with Crippen molar-refractivity contribution < 1.29 is 18.8 Å². The minimum Gasteiger partial charge on any atom is -0.452 e. The van der Waals surface area contributed by atoms with Gasteiger partial charge in [0.15, 0.2) is 12.4 Å². The summed E-state index contributed by atoms with van der Waals surface area (Å²) in [6.07, 6.45) is 0. The highest BCUT2D eigenvalue weighted by atomic mass is 79.9. The average Bonchev–Trinajstić information content (AvgIpc) is 2.90. The summed E-state index contributed by atoms with van der Waals surface area (Å²) in [4.78, 5) is 24.2. The van der Waals surface area contributed by atoms with Gasteiger partial charge in [-0.3, -0.25) is 4.79 Å². The lowest BCUT2D eigenvalue weighted by molar-refractivity contribution is -0.119. The molecule has 0 radical (unpaired) electrons. The molecule has 2 aromatic rings. The number of aryl methyl sites for hydroxylation is 2. The first-order valence-electron chi connectivity index (χ1n) is 7.49. The number of aromatic nitrogens is 1. The Balaban J connectivity index is 1.99. The van der Waals surface area contributed by atoms with Gasteiger partial charge in [0.2, 0.25) is 0 Å². The van der Waals surface area contributed by atoms with Gasteiger partial charge in [-0.25, -0.2) is 4.79 Å². The first-order chi connectivity index (χ1) is 11.3. The van der Waals surface area contributed by atoms with Crippen LogP contribution in [-0.2, 0) is 9.53 Å². The van der Waals surface area contributed by atoms with Crippen LogP contribution in [0.4, 0.5) is 5.69 Å². The topological polar surface area (TPSA) is 81.4 Å². The lowest BCUT2D eigenvalue weighted by Crippen LogP contribution is -2.22. The number of benzene rings is 1. The fourth-order valence-corrected chi connectivity index (χ4v) is 2.66. The van der Waals surface area contributed by atoms with Crippen molar-refractivity contribution >= 4 is 33.5 Å². The maximum absolute atomic E-state index is 12.2. The molecule has 0 bridgehead atoms. The van der Waals surface area contributed by atoms with E-state index in [1.165, 1.54) is 0 Å². The molecule has 1 aromatic heterocycles. The van der Waals surface area contributed by atoms with Crippen LogP contribution >= 0.6 is 15.9 Å². The molecular formula is C17H19BrN2O4. The summed E-state index contributed by atoms with van der Waals surface area (Å²) in [5, 5.41) is 6.51. The second-order valence-corrected chi connectivity index (χ2v) is 6.66. The minimum atomic E-state index is -0.611. The number of hydrogen-bond donors (Lipinski definition) is 1. The zero-order valence-corrected chi connectivity index (χ0v) is 15.6. The van der Waals surface area contributed by atoms with Crippen molar-refractivity contribution in [2.45, 2.75) is 33.6 Å². The molecule has 6 nitrogen and oxygen atoms in total. The highest BCUT2D eigenvalue weighted by Gasteiger charge is 2.24. The van der Waals surface area contributed by atoms with Gasteiger partial charge in [0.25, 0.3) is 5.91 Å². The van der Waals surface area contributed by atoms with Crippen LogP contribution in [0.25, 0.3) is 0 Å². The lowest BCUT2D eigenvalue weighted by Gasteiger charge is -2.10. The molecule has 0 atom stereocenters. The van der Waals surface area contributed by atoms with E-state index in [0.29, 0.717) is 17.1 Å². The molecule has 0 spiro atoms. The molecule has 0 saturated carbocycles. The van der Waals surface area contributed by atoms with E-state index in [2.05, 4.69) is 26.4 Å². The largest absolute Gasteiger partial charge is 0.452 e. The van der Waals surface area contributed by atoms with E-state index in [1.807, 2.05) is 32.9 Å². The van der Waals surface area contributed by atoms with Crippen LogP contribution in [0.3, 0.4) is 0 Å². The average molecular weight is 395 g/mol. The zero-order chi connectivity index (χ0) is 17.9. The maximum atomic E-state index is 12.2. The number of ether oxygens (including phenoxy) is 1. The normalized spacial score (nSPS) is 10.8. The molecule has 0 aliphatic rings. The summed E-state index contributed by atoms with van der Waals surface area (Å²) < 4.78 is 11.2. The summed E-state index contributed by atoms with van der Waals surface area (Å²) >= 11 is 3.36. The number of anilines is 1. The number of carbonyl (C=O) groups is 2. The van der Waals surface area contributed by atoms with E-state index in [-0.39, 0.29) is 18.1 Å². The van der Waals surface area contributed by atoms with Gasteiger partial charge in [-0.05, 0) is 37.6 Å². The van der Waals surface area contributed by atoms with Crippen LogP contribution in [-0.4, -0.2) is 23.6 Å². The number of carbonyl (C=O) groups excluding carboxylic acids is 2. The second kappa shape index (κ2) is 7.61. The van der Waals surface area contributed by atoms with Gasteiger partial charge in [0.05, 0.1) is 5.69 Å². The van der Waals surface area contributed by atoms with Gasteiger partial charge in [0, 0.05) is 16.1 Å². The third-order valence-electron chi connectivity index (χ3n) is 3.41. The molecule has 24 heavy (non-hydrogen) atoms. The number of nitrogens with zero attached hydrogens (tertiary/aromatic N) is 1. The second-order valence-electron chi connectivity index (χ2n) is 5.75. The van der Waals surface area contributed by atoms with Gasteiger partial charge >= 0.3 is 5.97 Å². The minimum absolute atomic E-state index is 0.00649. The van der Waals surface area contributed by atoms with Crippen molar-refractivity contribution in [2.75, 3.05) is 11.9 Å². The zero-order valence-electron chi connectivity index (χ0n) is 14.0. The standard InChI is InChI=1S/C17H19BrN2O4/c1-9(2)16-15(11(4)20-24-16)17(22)23-8-14(21)19-13-6-5-12(18)7-10(13)3/h5-7,9H,8H2,1-4H3,(H,19,21). The van der Waals surface area contributed by atoms with Crippen molar-refractivity contribution in [1.82, 2.24) is 5.16 Å². The number of esters is 1. The molecule has 7 heteroatoms. The lowest BCUT2D eigenvalue weighted by atomic mass is 10.1. The SMILES string of the molecule is Cc1cc(Br)ccc1NC(=O)COC(=O)c1c(C)noc1C(C)C. The summed E-state index contributed by atoms with van der Waals surface area (Å²) in [7, 11) is 0. The highest BCUT2D eigenvalue weighted by Crippen LogP contribution is 2.23. The summed E-state index contributed by atoms with van der Waals surface area (Å²) in [5.41, 5.74) is 2.31. The Labute approximate surface area is 148 Å². The quantitative estimate of drug-likeness (QED) is 0.775. The Bertz CT molecular complexity index is 768. The molecule has 0 aliphatic carbocycles. The van der Waals surface area contributed by atoms with E-state index < -0.39 is 11.9 Å². The summed E-state index contributed by atoms with van der Waals surface area (Å²) in [5.74, 6) is -0.566. The van der Waals surface area contributed by atoms with Crippen LogP contribution < -0.4 is 5.32 Å². The molecule has 0 unspecified atom stereocenters. The van der Waals surface area contributed by atoms with Crippen molar-refractivity contribution in [1.29, 1.82) is 0 Å². The number of nitrogens with one attached hydrogen (secondary N) is 1. The van der Waals surface area contributed by atoms with Gasteiger partial charge in [-0.2, -0.15) is 0 Å². The number of rotatable bonds is 5. The predicted octanol–water partition coefficient (Wildman–Crippen LogP) is 3.97. The van der Waals surface area contributed by atoms with Crippen LogP contribution in [0.5, 0.6) is 0 Å². The Kier molecular flexibility index (Phi) is 5.77. The van der Waals surface area contributed by atoms with Crippen molar-refractivity contribution in [3.8, 4) is 0 Å². The Morgan fingerprint density at radius 2 is 2.04 bits per heavy atom. The first kappa shape index (κ1) is 18.2. The summed E-state index contributed by atoms with van der Waals surface area (Å²) in [6.45, 7) is 6.94. The number of halogens is 1. The van der Waals surface area contributed by atoms with E-state index in [9.17, 15) is 9.59 Å². The van der Waals surface area contributed by atoms with Crippen LogP contribution in [0, 0.1) is 13.8 Å². The summed E-state index contributed by atoms with van der Waals surface area (Å²) in [6, 6.07) is 5.49. The fraction of sp³-hybridized carbons (Fsp3) is 0.353. The molecule has 2 rings (SSSR count). The molecule has 1 N–H and O–H groups in total. The van der Waals surface area contributed by atoms with Gasteiger partial charge < -0.3 is 14.6 Å². The van der Waals surface area contributed by atoms with Gasteiger partial charge in [-0.15, -0.1) is 0 Å². The first-order valence-corrected chi connectivity index (χ1v) is 8.28. The van der Waals surface area contributed by atoms with E-state index in [1.54, 1.807) is 13.0 Å². The predicted molar refractivity (Wildman–Crippen MR) is 93.1 cm³/mol. The molecule has 1 heterocycles. The maximum Gasteiger partial charge on any atom is 0.344 e. The van der Waals surface area contributed by atoms with Crippen LogP contribution in [0.1, 0.15) is 47.1 Å². The Hall–Kier alpha value is -2.15. The van der Waals surface area contributed by atoms with Crippen LogP contribution in [0.15, 0.2) is 27.2 Å². The van der Waals surface area contributed by atoms with Crippen molar-refractivity contribution in [3.63, 3.8) is 0 Å².